The van der Waals surface area contributed by atoms with Gasteiger partial charge in [-0.2, -0.15) is 18.3 Å². The highest BCUT2D eigenvalue weighted by Crippen LogP contribution is 2.43. The molecule has 3 heterocycles. The van der Waals surface area contributed by atoms with E-state index >= 15 is 0 Å². The van der Waals surface area contributed by atoms with Gasteiger partial charge in [0.15, 0.2) is 0 Å². The highest BCUT2D eigenvalue weighted by Gasteiger charge is 2.45. The number of carbonyl (C=O) groups is 1. The molecule has 5 rings (SSSR count). The maximum Gasteiger partial charge on any atom is 0.433 e. The van der Waals surface area contributed by atoms with Crippen molar-refractivity contribution in [2.45, 2.75) is 69.9 Å². The number of rotatable bonds is 5. The third-order valence-corrected chi connectivity index (χ3v) is 7.96. The van der Waals surface area contributed by atoms with E-state index in [9.17, 15) is 18.0 Å². The fraction of sp³-hybridized carbons (Fsp3) is 0.600. The topological polar surface area (TPSA) is 50.6 Å². The molecule has 3 fully saturated rings. The summed E-state index contributed by atoms with van der Waals surface area (Å²) in [5.41, 5.74) is 1.29. The van der Waals surface area contributed by atoms with Crippen LogP contribution in [-0.2, 0) is 22.3 Å². The minimum Gasteiger partial charge on any atom is -0.379 e. The van der Waals surface area contributed by atoms with Gasteiger partial charge in [0.25, 0.3) is 0 Å². The zero-order valence-corrected chi connectivity index (χ0v) is 20.6. The van der Waals surface area contributed by atoms with Crippen LogP contribution in [0.25, 0.3) is 0 Å². The van der Waals surface area contributed by atoms with Gasteiger partial charge in [-0.05, 0) is 50.3 Å². The zero-order chi connectivity index (χ0) is 24.9. The number of benzene rings is 1. The Kier molecular flexibility index (Phi) is 6.61. The first kappa shape index (κ1) is 24.6. The van der Waals surface area contributed by atoms with Crippen molar-refractivity contribution < 1.29 is 22.7 Å². The van der Waals surface area contributed by atoms with E-state index in [-0.39, 0.29) is 30.0 Å². The van der Waals surface area contributed by atoms with Gasteiger partial charge in [-0.1, -0.05) is 29.8 Å². The molecule has 0 radical (unpaired) electrons. The fourth-order valence-electron chi connectivity index (χ4n) is 5.49. The average molecular weight is 511 g/mol. The monoisotopic (exact) mass is 510 g/mol. The molecule has 0 bridgehead atoms. The van der Waals surface area contributed by atoms with Crippen molar-refractivity contribution in [3.63, 3.8) is 0 Å². The molecular weight excluding hydrogens is 481 g/mol. The molecule has 3 aliphatic rings. The number of halogens is 4. The van der Waals surface area contributed by atoms with Crippen LogP contribution < -0.4 is 0 Å². The Balaban J connectivity index is 1.47. The first-order valence-electron chi connectivity index (χ1n) is 12.2. The van der Waals surface area contributed by atoms with Gasteiger partial charge in [0.05, 0.1) is 24.9 Å². The molecule has 6 nitrogen and oxygen atoms in total. The second kappa shape index (κ2) is 9.41. The van der Waals surface area contributed by atoms with E-state index in [0.717, 1.165) is 41.3 Å². The predicted molar refractivity (Wildman–Crippen MR) is 125 cm³/mol. The standard InChI is InChI=1S/C25H30ClF3N4O2/c1-15-4-3-5-18(23(15)26)24-20(31-10-11-35-14-16(31)2)8-9-32(24)22(34)13-33-21(25(27,28)29)12-19(30-33)17-6-7-17/h3-5,12,16-17,20,24H,6-11,13-14H2,1-2H3/t16-,20+,24+/m1/s1. The molecule has 0 spiro atoms. The van der Waals surface area contributed by atoms with E-state index in [1.807, 2.05) is 25.1 Å². The molecule has 2 aromatic rings. The fourth-order valence-corrected chi connectivity index (χ4v) is 5.73. The third-order valence-electron chi connectivity index (χ3n) is 7.44. The first-order chi connectivity index (χ1) is 16.6. The molecule has 0 N–H and O–H groups in total. The van der Waals surface area contributed by atoms with E-state index in [4.69, 9.17) is 16.3 Å². The second-order valence-electron chi connectivity index (χ2n) is 9.91. The minimum atomic E-state index is -4.57. The van der Waals surface area contributed by atoms with Gasteiger partial charge in [-0.25, -0.2) is 0 Å². The molecule has 2 saturated heterocycles. The predicted octanol–water partition coefficient (Wildman–Crippen LogP) is 4.80. The van der Waals surface area contributed by atoms with E-state index < -0.39 is 18.4 Å². The summed E-state index contributed by atoms with van der Waals surface area (Å²) in [4.78, 5) is 17.6. The number of aryl methyl sites for hydroxylation is 1. The summed E-state index contributed by atoms with van der Waals surface area (Å²) in [5, 5.41) is 4.79. The lowest BCUT2D eigenvalue weighted by atomic mass is 9.95. The van der Waals surface area contributed by atoms with Crippen LogP contribution in [-0.4, -0.2) is 63.9 Å². The molecule has 10 heteroatoms. The maximum atomic E-state index is 13.7. The van der Waals surface area contributed by atoms with Crippen LogP contribution >= 0.6 is 11.6 Å². The molecule has 1 amide bonds. The van der Waals surface area contributed by atoms with Gasteiger partial charge < -0.3 is 9.64 Å². The summed E-state index contributed by atoms with van der Waals surface area (Å²) in [7, 11) is 0. The summed E-state index contributed by atoms with van der Waals surface area (Å²) in [5.74, 6) is -0.322. The number of amides is 1. The van der Waals surface area contributed by atoms with Gasteiger partial charge in [-0.3, -0.25) is 14.4 Å². The van der Waals surface area contributed by atoms with Crippen LogP contribution in [0, 0.1) is 6.92 Å². The number of carbonyl (C=O) groups excluding carboxylic acids is 1. The highest BCUT2D eigenvalue weighted by atomic mass is 35.5. The van der Waals surface area contributed by atoms with E-state index in [0.29, 0.717) is 36.9 Å². The third kappa shape index (κ3) is 4.82. The summed E-state index contributed by atoms with van der Waals surface area (Å²) in [6, 6.07) is 6.65. The SMILES string of the molecule is Cc1cccc([C@H]2[C@@H](N3CCOC[C@H]3C)CCN2C(=O)Cn2nc(C3CC3)cc2C(F)(F)F)c1Cl. The lowest BCUT2D eigenvalue weighted by Gasteiger charge is -2.41. The van der Waals surface area contributed by atoms with E-state index in [1.165, 1.54) is 0 Å². The zero-order valence-electron chi connectivity index (χ0n) is 19.9. The molecule has 3 atom stereocenters. The molecular formula is C25H30ClF3N4O2. The van der Waals surface area contributed by atoms with Crippen LogP contribution in [0.5, 0.6) is 0 Å². The Morgan fingerprint density at radius 3 is 2.69 bits per heavy atom. The van der Waals surface area contributed by atoms with Crippen molar-refractivity contribution in [1.29, 1.82) is 0 Å². The number of morpholine rings is 1. The number of likely N-dealkylation sites (tertiary alicyclic amines) is 1. The van der Waals surface area contributed by atoms with Gasteiger partial charge in [0.2, 0.25) is 5.91 Å². The minimum absolute atomic E-state index is 0.00103. The normalized spacial score (nSPS) is 25.9. The van der Waals surface area contributed by atoms with Gasteiger partial charge in [0.1, 0.15) is 12.2 Å². The lowest BCUT2D eigenvalue weighted by Crippen LogP contribution is -2.51. The van der Waals surface area contributed by atoms with Gasteiger partial charge in [-0.15, -0.1) is 0 Å². The van der Waals surface area contributed by atoms with E-state index in [2.05, 4.69) is 16.9 Å². The van der Waals surface area contributed by atoms with Crippen LogP contribution in [0.4, 0.5) is 13.2 Å². The molecule has 1 saturated carbocycles. The maximum absolute atomic E-state index is 13.7. The van der Waals surface area contributed by atoms with Crippen molar-refractivity contribution in [2.75, 3.05) is 26.3 Å². The molecule has 1 aliphatic carbocycles. The summed E-state index contributed by atoms with van der Waals surface area (Å²) < 4.78 is 47.7. The lowest BCUT2D eigenvalue weighted by molar-refractivity contribution is -0.146. The van der Waals surface area contributed by atoms with Crippen LogP contribution in [0.2, 0.25) is 5.02 Å². The first-order valence-corrected chi connectivity index (χ1v) is 12.6. The number of nitrogens with zero attached hydrogens (tertiary/aromatic N) is 4. The average Bonchev–Trinajstić information content (AvgIpc) is 3.41. The smallest absolute Gasteiger partial charge is 0.379 e. The number of ether oxygens (including phenoxy) is 1. The highest BCUT2D eigenvalue weighted by molar-refractivity contribution is 6.32. The second-order valence-corrected chi connectivity index (χ2v) is 10.3. The van der Waals surface area contributed by atoms with Gasteiger partial charge >= 0.3 is 6.18 Å². The number of aromatic nitrogens is 2. The molecule has 35 heavy (non-hydrogen) atoms. The van der Waals surface area contributed by atoms with Crippen molar-refractivity contribution in [1.82, 2.24) is 19.6 Å². The van der Waals surface area contributed by atoms with Crippen molar-refractivity contribution in [2.24, 2.45) is 0 Å². The summed E-state index contributed by atoms with van der Waals surface area (Å²) in [6.45, 7) is 5.94. The quantitative estimate of drug-likeness (QED) is 0.579. The van der Waals surface area contributed by atoms with Crippen molar-refractivity contribution in [3.05, 3.63) is 51.8 Å². The molecule has 1 aromatic heterocycles. The Morgan fingerprint density at radius 2 is 2.00 bits per heavy atom. The van der Waals surface area contributed by atoms with E-state index in [1.54, 1.807) is 4.90 Å². The molecule has 190 valence electrons. The number of hydrogen-bond donors (Lipinski definition) is 0. The summed E-state index contributed by atoms with van der Waals surface area (Å²) >= 11 is 6.73. The van der Waals surface area contributed by atoms with Crippen LogP contribution in [0.3, 0.4) is 0 Å². The van der Waals surface area contributed by atoms with Crippen molar-refractivity contribution in [3.8, 4) is 0 Å². The number of alkyl halides is 3. The Hall–Kier alpha value is -2.10. The molecule has 0 unspecified atom stereocenters. The van der Waals surface area contributed by atoms with Gasteiger partial charge in [0, 0.05) is 36.1 Å². The number of hydrogen-bond acceptors (Lipinski definition) is 4. The van der Waals surface area contributed by atoms with Crippen LogP contribution in [0.1, 0.15) is 60.7 Å². The molecule has 2 aliphatic heterocycles. The Labute approximate surface area is 208 Å². The van der Waals surface area contributed by atoms with Crippen LogP contribution in [0.15, 0.2) is 24.3 Å². The summed E-state index contributed by atoms with van der Waals surface area (Å²) in [6.07, 6.45) is -2.19. The van der Waals surface area contributed by atoms with Crippen molar-refractivity contribution >= 4 is 17.5 Å². The Morgan fingerprint density at radius 1 is 1.23 bits per heavy atom. The molecule has 1 aromatic carbocycles. The Bertz CT molecular complexity index is 1100. The largest absolute Gasteiger partial charge is 0.433 e.